The number of anilines is 1. The molecule has 3 aromatic heterocycles. The molecular formula is C19H18N4O2. The molecule has 1 aliphatic heterocycles. The molecule has 1 amide bonds. The van der Waals surface area contributed by atoms with Gasteiger partial charge in [0.15, 0.2) is 0 Å². The lowest BCUT2D eigenvalue weighted by atomic mass is 9.84. The highest BCUT2D eigenvalue weighted by Crippen LogP contribution is 2.42. The molecule has 0 spiro atoms. The normalized spacial score (nSPS) is 17.3. The van der Waals surface area contributed by atoms with Crippen molar-refractivity contribution in [3.63, 3.8) is 0 Å². The number of pyridine rings is 1. The summed E-state index contributed by atoms with van der Waals surface area (Å²) in [7, 11) is 1.84. The van der Waals surface area contributed by atoms with Crippen molar-refractivity contribution in [2.45, 2.75) is 19.3 Å². The van der Waals surface area contributed by atoms with Crippen LogP contribution in [-0.4, -0.2) is 20.7 Å². The molecule has 0 bridgehead atoms. The van der Waals surface area contributed by atoms with Gasteiger partial charge in [-0.3, -0.25) is 14.5 Å². The monoisotopic (exact) mass is 334 g/mol. The predicted molar refractivity (Wildman–Crippen MR) is 94.8 cm³/mol. The van der Waals surface area contributed by atoms with Gasteiger partial charge in [-0.25, -0.2) is 0 Å². The van der Waals surface area contributed by atoms with Crippen LogP contribution in [0, 0.1) is 0 Å². The Morgan fingerprint density at radius 1 is 1.40 bits per heavy atom. The van der Waals surface area contributed by atoms with E-state index in [4.69, 9.17) is 4.42 Å². The number of nitrogens with one attached hydrogen (secondary N) is 1. The minimum atomic E-state index is -0.0576. The number of hydrogen-bond donors (Lipinski definition) is 1. The highest BCUT2D eigenvalue weighted by molar-refractivity contribution is 5.96. The number of hydrogen-bond acceptors (Lipinski definition) is 4. The fraction of sp³-hybridized carbons (Fsp3) is 0.211. The number of aromatic nitrogens is 3. The van der Waals surface area contributed by atoms with Gasteiger partial charge in [-0.15, -0.1) is 0 Å². The fourth-order valence-electron chi connectivity index (χ4n) is 3.29. The van der Waals surface area contributed by atoms with Crippen LogP contribution in [0.5, 0.6) is 0 Å². The van der Waals surface area contributed by atoms with Crippen LogP contribution in [0.2, 0.25) is 0 Å². The van der Waals surface area contributed by atoms with Gasteiger partial charge in [0.05, 0.1) is 12.0 Å². The van der Waals surface area contributed by atoms with Crippen LogP contribution in [0.25, 0.3) is 17.3 Å². The summed E-state index contributed by atoms with van der Waals surface area (Å²) < 4.78 is 7.15. The topological polar surface area (TPSA) is 73.0 Å². The maximum atomic E-state index is 12.2. The van der Waals surface area contributed by atoms with E-state index in [-0.39, 0.29) is 11.8 Å². The number of aryl methyl sites for hydroxylation is 1. The first-order chi connectivity index (χ1) is 12.1. The molecule has 6 heteroatoms. The molecule has 0 radical (unpaired) electrons. The van der Waals surface area contributed by atoms with Gasteiger partial charge in [0, 0.05) is 42.9 Å². The molecule has 0 fully saturated rings. The summed E-state index contributed by atoms with van der Waals surface area (Å²) in [5.41, 5.74) is 3.87. The van der Waals surface area contributed by atoms with Gasteiger partial charge in [0.2, 0.25) is 5.91 Å². The lowest BCUT2D eigenvalue weighted by Crippen LogP contribution is -2.24. The lowest BCUT2D eigenvalue weighted by Gasteiger charge is -2.24. The molecule has 0 aliphatic carbocycles. The molecule has 0 aromatic carbocycles. The number of carbonyl (C=O) groups is 1. The van der Waals surface area contributed by atoms with E-state index < -0.39 is 0 Å². The van der Waals surface area contributed by atoms with Crippen molar-refractivity contribution >= 4 is 17.8 Å². The molecule has 3 aromatic rings. The number of nitrogens with zero attached hydrogens (tertiary/aromatic N) is 3. The maximum absolute atomic E-state index is 12.2. The second-order valence-electron chi connectivity index (χ2n) is 6.18. The van der Waals surface area contributed by atoms with Gasteiger partial charge >= 0.3 is 0 Å². The molecule has 4 rings (SSSR count). The molecule has 6 nitrogen and oxygen atoms in total. The van der Waals surface area contributed by atoms with Gasteiger partial charge in [0.25, 0.3) is 0 Å². The minimum absolute atomic E-state index is 0.00886. The smallest absolute Gasteiger partial charge is 0.226 e. The minimum Gasteiger partial charge on any atom is -0.465 e. The van der Waals surface area contributed by atoms with Gasteiger partial charge in [0.1, 0.15) is 11.6 Å². The van der Waals surface area contributed by atoms with E-state index >= 15 is 0 Å². The van der Waals surface area contributed by atoms with E-state index in [0.717, 1.165) is 34.0 Å². The first-order valence-electron chi connectivity index (χ1n) is 8.12. The third kappa shape index (κ3) is 2.76. The second kappa shape index (κ2) is 6.05. The summed E-state index contributed by atoms with van der Waals surface area (Å²) in [6, 6.07) is 7.62. The lowest BCUT2D eigenvalue weighted by molar-refractivity contribution is -0.116. The van der Waals surface area contributed by atoms with Crippen LogP contribution in [-0.2, 0) is 11.8 Å². The number of carbonyl (C=O) groups excluding carboxylic acids is 1. The Labute approximate surface area is 145 Å². The molecule has 25 heavy (non-hydrogen) atoms. The Bertz CT molecular complexity index is 939. The molecule has 1 atom stereocenters. The number of fused-ring (bicyclic) bond motifs is 1. The summed E-state index contributed by atoms with van der Waals surface area (Å²) in [6.45, 7) is 2.02. The van der Waals surface area contributed by atoms with Crippen LogP contribution < -0.4 is 5.32 Å². The Morgan fingerprint density at radius 2 is 2.28 bits per heavy atom. The first kappa shape index (κ1) is 15.4. The number of allylic oxidation sites excluding steroid dienone is 1. The van der Waals surface area contributed by atoms with Gasteiger partial charge < -0.3 is 9.73 Å². The number of amides is 1. The summed E-state index contributed by atoms with van der Waals surface area (Å²) in [6.07, 6.45) is 7.53. The van der Waals surface area contributed by atoms with Crippen molar-refractivity contribution in [1.29, 1.82) is 0 Å². The largest absolute Gasteiger partial charge is 0.465 e. The van der Waals surface area contributed by atoms with Crippen LogP contribution in [0.4, 0.5) is 5.82 Å². The van der Waals surface area contributed by atoms with Crippen molar-refractivity contribution in [3.05, 3.63) is 59.8 Å². The van der Waals surface area contributed by atoms with Crippen molar-refractivity contribution < 1.29 is 9.21 Å². The summed E-state index contributed by atoms with van der Waals surface area (Å²) in [4.78, 5) is 16.4. The van der Waals surface area contributed by atoms with Crippen molar-refractivity contribution in [1.82, 2.24) is 14.8 Å². The molecule has 1 aliphatic rings. The van der Waals surface area contributed by atoms with Gasteiger partial charge in [-0.1, -0.05) is 5.57 Å². The zero-order chi connectivity index (χ0) is 17.4. The third-order valence-corrected chi connectivity index (χ3v) is 4.48. The predicted octanol–water partition coefficient (Wildman–Crippen LogP) is 3.60. The zero-order valence-electron chi connectivity index (χ0n) is 14.1. The standard InChI is InChI=1S/C19H18N4O2/c1-12(9-14-6-4-8-25-14)15-10-16(24)21-19-17(15)18(22-23(19)2)13-5-3-7-20-11-13/h3-9,11,15H,10H2,1-2H3,(H,21,24)/b12-9+. The van der Waals surface area contributed by atoms with Crippen molar-refractivity contribution in [2.75, 3.05) is 5.32 Å². The van der Waals surface area contributed by atoms with Crippen LogP contribution in [0.15, 0.2) is 52.9 Å². The summed E-state index contributed by atoms with van der Waals surface area (Å²) >= 11 is 0. The fourth-order valence-corrected chi connectivity index (χ4v) is 3.29. The Morgan fingerprint density at radius 3 is 3.00 bits per heavy atom. The average molecular weight is 334 g/mol. The quantitative estimate of drug-likeness (QED) is 0.794. The zero-order valence-corrected chi connectivity index (χ0v) is 14.1. The molecule has 0 saturated carbocycles. The van der Waals surface area contributed by atoms with Gasteiger partial charge in [-0.05, 0) is 37.3 Å². The molecule has 126 valence electrons. The summed E-state index contributed by atoms with van der Waals surface area (Å²) in [5.74, 6) is 1.45. The number of rotatable bonds is 3. The van der Waals surface area contributed by atoms with Gasteiger partial charge in [-0.2, -0.15) is 5.10 Å². The average Bonchev–Trinajstić information content (AvgIpc) is 3.23. The SMILES string of the molecule is C/C(=C\c1ccco1)C1CC(=O)Nc2c1c(-c1cccnc1)nn2C. The molecule has 0 saturated heterocycles. The van der Waals surface area contributed by atoms with Crippen molar-refractivity contribution in [2.24, 2.45) is 7.05 Å². The Balaban J connectivity index is 1.86. The van der Waals surface area contributed by atoms with Crippen LogP contribution in [0.3, 0.4) is 0 Å². The van der Waals surface area contributed by atoms with E-state index in [1.54, 1.807) is 23.3 Å². The van der Waals surface area contributed by atoms with E-state index in [9.17, 15) is 4.79 Å². The maximum Gasteiger partial charge on any atom is 0.226 e. The van der Waals surface area contributed by atoms with E-state index in [1.165, 1.54) is 0 Å². The molecule has 4 heterocycles. The molecular weight excluding hydrogens is 316 g/mol. The number of furan rings is 1. The third-order valence-electron chi connectivity index (χ3n) is 4.48. The van der Waals surface area contributed by atoms with E-state index in [2.05, 4.69) is 15.4 Å². The second-order valence-corrected chi connectivity index (χ2v) is 6.18. The van der Waals surface area contributed by atoms with E-state index in [0.29, 0.717) is 6.42 Å². The van der Waals surface area contributed by atoms with Crippen molar-refractivity contribution in [3.8, 4) is 11.3 Å². The highest BCUT2D eigenvalue weighted by Gasteiger charge is 2.33. The molecule has 1 unspecified atom stereocenters. The Hall–Kier alpha value is -3.15. The summed E-state index contributed by atoms with van der Waals surface area (Å²) in [5, 5.41) is 7.59. The van der Waals surface area contributed by atoms with Crippen LogP contribution >= 0.6 is 0 Å². The van der Waals surface area contributed by atoms with E-state index in [1.807, 2.05) is 44.3 Å². The Kier molecular flexibility index (Phi) is 3.72. The molecule has 1 N–H and O–H groups in total. The highest BCUT2D eigenvalue weighted by atomic mass is 16.3. The first-order valence-corrected chi connectivity index (χ1v) is 8.12. The van der Waals surface area contributed by atoms with Crippen LogP contribution in [0.1, 0.15) is 30.6 Å².